The minimum Gasteiger partial charge on any atom is -0.384 e. The summed E-state index contributed by atoms with van der Waals surface area (Å²) in [7, 11) is 1.78. The predicted molar refractivity (Wildman–Crippen MR) is 69.1 cm³/mol. The van der Waals surface area contributed by atoms with E-state index < -0.39 is 0 Å². The van der Waals surface area contributed by atoms with Crippen molar-refractivity contribution in [3.63, 3.8) is 0 Å². The predicted octanol–water partition coefficient (Wildman–Crippen LogP) is 2.21. The van der Waals surface area contributed by atoms with Gasteiger partial charge in [-0.1, -0.05) is 13.3 Å². The lowest BCUT2D eigenvalue weighted by atomic mass is 9.51. The molecule has 0 saturated heterocycles. The molecule has 2 rings (SSSR count). The zero-order chi connectivity index (χ0) is 12.3. The Hall–Kier alpha value is -0.120. The Kier molecular flexibility index (Phi) is 4.45. The molecule has 17 heavy (non-hydrogen) atoms. The van der Waals surface area contributed by atoms with Gasteiger partial charge in [-0.05, 0) is 32.1 Å². The third kappa shape index (κ3) is 2.51. The van der Waals surface area contributed by atoms with E-state index in [1.165, 1.54) is 25.7 Å². The fourth-order valence-electron chi connectivity index (χ4n) is 3.41. The zero-order valence-electron chi connectivity index (χ0n) is 11.5. The third-order valence-electron chi connectivity index (χ3n) is 4.60. The summed E-state index contributed by atoms with van der Waals surface area (Å²) in [5.74, 6) is 0.600. The molecule has 0 aromatic heterocycles. The third-order valence-corrected chi connectivity index (χ3v) is 4.60. The van der Waals surface area contributed by atoms with Crippen molar-refractivity contribution in [3.8, 4) is 0 Å². The number of ether oxygens (including phenoxy) is 2. The van der Waals surface area contributed by atoms with Crippen LogP contribution in [0.1, 0.15) is 39.5 Å². The largest absolute Gasteiger partial charge is 0.384 e. The summed E-state index contributed by atoms with van der Waals surface area (Å²) < 4.78 is 11.0. The van der Waals surface area contributed by atoms with Crippen LogP contribution in [0.15, 0.2) is 0 Å². The van der Waals surface area contributed by atoms with Crippen LogP contribution in [0.4, 0.5) is 0 Å². The topological polar surface area (TPSA) is 30.5 Å². The number of rotatable bonds is 7. The van der Waals surface area contributed by atoms with Gasteiger partial charge in [0.25, 0.3) is 0 Å². The normalized spacial score (nSPS) is 31.9. The summed E-state index contributed by atoms with van der Waals surface area (Å²) in [5, 5.41) is 3.72. The van der Waals surface area contributed by atoms with Gasteiger partial charge in [0.2, 0.25) is 0 Å². The molecule has 2 saturated carbocycles. The smallest absolute Gasteiger partial charge is 0.0661 e. The molecule has 0 aliphatic heterocycles. The molecule has 3 nitrogen and oxygen atoms in total. The van der Waals surface area contributed by atoms with E-state index in [0.29, 0.717) is 23.5 Å². The Balaban J connectivity index is 1.75. The molecule has 0 radical (unpaired) electrons. The maximum absolute atomic E-state index is 5.86. The summed E-state index contributed by atoms with van der Waals surface area (Å²) in [6.45, 7) is 7.12. The molecular weight excluding hydrogens is 214 g/mol. The lowest BCUT2D eigenvalue weighted by Gasteiger charge is -2.61. The summed E-state index contributed by atoms with van der Waals surface area (Å²) in [4.78, 5) is 0. The molecule has 0 bridgehead atoms. The van der Waals surface area contributed by atoms with Crippen molar-refractivity contribution in [1.82, 2.24) is 5.32 Å². The summed E-state index contributed by atoms with van der Waals surface area (Å²) in [6.07, 6.45) is 5.82. The highest BCUT2D eigenvalue weighted by molar-refractivity contribution is 5.12. The number of hydrogen-bond acceptors (Lipinski definition) is 3. The number of methoxy groups -OCH3 is 1. The Bertz CT molecular complexity index is 240. The van der Waals surface area contributed by atoms with Crippen LogP contribution in [0.25, 0.3) is 0 Å². The highest BCUT2D eigenvalue weighted by Gasteiger charge is 2.58. The molecule has 0 aromatic rings. The molecule has 2 aliphatic carbocycles. The highest BCUT2D eigenvalue weighted by atomic mass is 16.5. The Labute approximate surface area is 105 Å². The van der Waals surface area contributed by atoms with E-state index in [1.54, 1.807) is 7.11 Å². The minimum atomic E-state index is 0.489. The molecule has 100 valence electrons. The van der Waals surface area contributed by atoms with Gasteiger partial charge in [0.15, 0.2) is 0 Å². The van der Waals surface area contributed by atoms with Gasteiger partial charge in [-0.25, -0.2) is 0 Å². The molecule has 3 unspecified atom stereocenters. The van der Waals surface area contributed by atoms with Crippen LogP contribution >= 0.6 is 0 Å². The van der Waals surface area contributed by atoms with Gasteiger partial charge < -0.3 is 14.8 Å². The summed E-state index contributed by atoms with van der Waals surface area (Å²) in [6, 6.07) is 0.687. The first-order valence-corrected chi connectivity index (χ1v) is 7.07. The highest BCUT2D eigenvalue weighted by Crippen LogP contribution is 2.57. The van der Waals surface area contributed by atoms with Crippen molar-refractivity contribution in [1.29, 1.82) is 0 Å². The van der Waals surface area contributed by atoms with Crippen LogP contribution in [-0.4, -0.2) is 39.0 Å². The van der Waals surface area contributed by atoms with E-state index in [2.05, 4.69) is 19.2 Å². The molecular formula is C14H27NO2. The lowest BCUT2D eigenvalue weighted by molar-refractivity contribution is -0.173. The van der Waals surface area contributed by atoms with Gasteiger partial charge in [0.1, 0.15) is 0 Å². The Morgan fingerprint density at radius 1 is 1.41 bits per heavy atom. The van der Waals surface area contributed by atoms with Gasteiger partial charge in [-0.3, -0.25) is 0 Å². The average molecular weight is 241 g/mol. The number of nitrogens with one attached hydrogen (secondary N) is 1. The molecule has 0 heterocycles. The van der Waals surface area contributed by atoms with E-state index in [9.17, 15) is 0 Å². The van der Waals surface area contributed by atoms with Crippen LogP contribution in [-0.2, 0) is 9.47 Å². The van der Waals surface area contributed by atoms with Crippen molar-refractivity contribution < 1.29 is 9.47 Å². The second-order valence-corrected chi connectivity index (χ2v) is 5.79. The molecule has 0 aromatic carbocycles. The van der Waals surface area contributed by atoms with Crippen molar-refractivity contribution in [2.75, 3.05) is 26.9 Å². The van der Waals surface area contributed by atoms with Crippen LogP contribution < -0.4 is 5.32 Å². The first-order chi connectivity index (χ1) is 8.23. The molecule has 1 spiro atoms. The molecule has 3 heteroatoms. The van der Waals surface area contributed by atoms with Crippen LogP contribution in [0, 0.1) is 11.3 Å². The monoisotopic (exact) mass is 241 g/mol. The van der Waals surface area contributed by atoms with Crippen LogP contribution in [0.2, 0.25) is 0 Å². The van der Waals surface area contributed by atoms with E-state index in [0.717, 1.165) is 19.8 Å². The second-order valence-electron chi connectivity index (χ2n) is 5.79. The van der Waals surface area contributed by atoms with Crippen molar-refractivity contribution in [3.05, 3.63) is 0 Å². The van der Waals surface area contributed by atoms with Crippen molar-refractivity contribution in [2.45, 2.75) is 51.7 Å². The standard InChI is InChI=1S/C14H27NO2/c1-4-17-13-8-12(14(13)6-5-7-14)15-9-11(2)10-16-3/h11-13,15H,4-10H2,1-3H3. The first kappa shape index (κ1) is 13.3. The summed E-state index contributed by atoms with van der Waals surface area (Å²) >= 11 is 0. The average Bonchev–Trinajstić information content (AvgIpc) is 2.20. The molecule has 1 N–H and O–H groups in total. The fourth-order valence-corrected chi connectivity index (χ4v) is 3.41. The van der Waals surface area contributed by atoms with Crippen molar-refractivity contribution >= 4 is 0 Å². The Morgan fingerprint density at radius 2 is 2.18 bits per heavy atom. The molecule has 2 aliphatic rings. The second kappa shape index (κ2) is 5.68. The minimum absolute atomic E-state index is 0.489. The molecule has 2 fully saturated rings. The van der Waals surface area contributed by atoms with Gasteiger partial charge in [-0.2, -0.15) is 0 Å². The van der Waals surface area contributed by atoms with Gasteiger partial charge in [0.05, 0.1) is 6.10 Å². The van der Waals surface area contributed by atoms with Gasteiger partial charge >= 0.3 is 0 Å². The maximum atomic E-state index is 5.86. The van der Waals surface area contributed by atoms with E-state index >= 15 is 0 Å². The van der Waals surface area contributed by atoms with Crippen LogP contribution in [0.5, 0.6) is 0 Å². The zero-order valence-corrected chi connectivity index (χ0v) is 11.5. The summed E-state index contributed by atoms with van der Waals surface area (Å²) in [5.41, 5.74) is 0.489. The lowest BCUT2D eigenvalue weighted by Crippen LogP contribution is -2.67. The van der Waals surface area contributed by atoms with Gasteiger partial charge in [0, 0.05) is 38.3 Å². The Morgan fingerprint density at radius 3 is 2.71 bits per heavy atom. The fraction of sp³-hybridized carbons (Fsp3) is 1.00. The van der Waals surface area contributed by atoms with E-state index in [-0.39, 0.29) is 0 Å². The first-order valence-electron chi connectivity index (χ1n) is 7.07. The molecule has 0 amide bonds. The quantitative estimate of drug-likeness (QED) is 0.741. The van der Waals surface area contributed by atoms with E-state index in [4.69, 9.17) is 9.47 Å². The van der Waals surface area contributed by atoms with E-state index in [1.807, 2.05) is 0 Å². The van der Waals surface area contributed by atoms with Crippen LogP contribution in [0.3, 0.4) is 0 Å². The SMILES string of the molecule is CCOC1CC(NCC(C)COC)C12CCC2. The van der Waals surface area contributed by atoms with Crippen molar-refractivity contribution in [2.24, 2.45) is 11.3 Å². The maximum Gasteiger partial charge on any atom is 0.0661 e. The van der Waals surface area contributed by atoms with Gasteiger partial charge in [-0.15, -0.1) is 0 Å². The molecule has 3 atom stereocenters. The number of hydrogen-bond donors (Lipinski definition) is 1.